The van der Waals surface area contributed by atoms with Crippen LogP contribution in [-0.2, 0) is 28.9 Å². The van der Waals surface area contributed by atoms with Crippen molar-refractivity contribution in [2.45, 2.75) is 23.6 Å². The molecule has 0 spiro atoms. The van der Waals surface area contributed by atoms with Crippen LogP contribution in [0.5, 0.6) is 0 Å². The highest BCUT2D eigenvalue weighted by Gasteiger charge is 2.17. The van der Waals surface area contributed by atoms with Crippen LogP contribution < -0.4 is 10.6 Å². The highest BCUT2D eigenvalue weighted by Crippen LogP contribution is 2.24. The van der Waals surface area contributed by atoms with Crippen molar-refractivity contribution >= 4 is 33.2 Å². The van der Waals surface area contributed by atoms with Gasteiger partial charge >= 0.3 is 11.9 Å². The average molecular weight is 495 g/mol. The van der Waals surface area contributed by atoms with E-state index < -0.39 is 21.8 Å². The van der Waals surface area contributed by atoms with Crippen LogP contribution in [-0.4, -0.2) is 33.6 Å². The summed E-state index contributed by atoms with van der Waals surface area (Å²) in [6.45, 7) is 3.51. The van der Waals surface area contributed by atoms with Crippen LogP contribution >= 0.6 is 0 Å². The predicted molar refractivity (Wildman–Crippen MR) is 126 cm³/mol. The number of nitrogens with one attached hydrogen (secondary N) is 2. The van der Waals surface area contributed by atoms with E-state index in [1.165, 1.54) is 60.9 Å². The summed E-state index contributed by atoms with van der Waals surface area (Å²) >= 11 is 0. The van der Waals surface area contributed by atoms with E-state index in [-0.39, 0.29) is 34.2 Å². The van der Waals surface area contributed by atoms with Gasteiger partial charge in [-0.05, 0) is 62.4 Å². The number of benzene rings is 2. The second kappa shape index (κ2) is 12.6. The number of nitriles is 2. The van der Waals surface area contributed by atoms with Crippen molar-refractivity contribution in [3.8, 4) is 12.1 Å². The lowest BCUT2D eigenvalue weighted by atomic mass is 10.3. The molecular weight excluding hydrogens is 472 g/mol. The van der Waals surface area contributed by atoms with E-state index in [2.05, 4.69) is 10.6 Å². The van der Waals surface area contributed by atoms with Crippen LogP contribution in [0.3, 0.4) is 0 Å². The Labute approximate surface area is 203 Å². The van der Waals surface area contributed by atoms with Crippen LogP contribution in [0.25, 0.3) is 0 Å². The fraction of sp³-hybridized carbons (Fsp3) is 0.167. The number of sulfone groups is 1. The normalized spacial score (nSPS) is 11.5. The van der Waals surface area contributed by atoms with E-state index in [1.807, 2.05) is 0 Å². The van der Waals surface area contributed by atoms with Crippen molar-refractivity contribution in [3.05, 3.63) is 72.1 Å². The zero-order chi connectivity index (χ0) is 25.8. The molecule has 0 aliphatic heterocycles. The smallest absolute Gasteiger partial charge is 0.350 e. The van der Waals surface area contributed by atoms with Crippen LogP contribution in [0.15, 0.2) is 81.9 Å². The topological polar surface area (TPSA) is 158 Å². The standard InChI is InChI=1S/C24H22N4O6S/c1-3-33-23(29)17(13-25)15-27-19-5-9-21(10-6-19)35(31,32)22-11-7-20(8-12-22)28-16-18(14-26)24(30)34-4-2/h5-12,15-16,27-28H,3-4H2,1-2H3/b17-15+,18-16+. The first-order chi connectivity index (χ1) is 16.8. The molecule has 0 aliphatic rings. The van der Waals surface area contributed by atoms with Crippen molar-refractivity contribution in [2.24, 2.45) is 0 Å². The van der Waals surface area contributed by atoms with Crippen molar-refractivity contribution in [1.29, 1.82) is 10.5 Å². The first-order valence-corrected chi connectivity index (χ1v) is 11.8. The molecule has 0 radical (unpaired) electrons. The van der Waals surface area contributed by atoms with E-state index >= 15 is 0 Å². The van der Waals surface area contributed by atoms with Gasteiger partial charge in [0, 0.05) is 23.8 Å². The summed E-state index contributed by atoms with van der Waals surface area (Å²) in [4.78, 5) is 23.3. The molecule has 0 fully saturated rings. The monoisotopic (exact) mass is 494 g/mol. The van der Waals surface area contributed by atoms with E-state index in [4.69, 9.17) is 20.0 Å². The van der Waals surface area contributed by atoms with Gasteiger partial charge in [-0.25, -0.2) is 18.0 Å². The SMILES string of the molecule is CCOC(=O)/C(C#N)=C/Nc1ccc(S(=O)(=O)c2ccc(N/C=C(\C#N)C(=O)OCC)cc2)cc1. The largest absolute Gasteiger partial charge is 0.462 e. The van der Waals surface area contributed by atoms with E-state index in [9.17, 15) is 18.0 Å². The molecule has 2 aromatic carbocycles. The van der Waals surface area contributed by atoms with Gasteiger partial charge in [-0.1, -0.05) is 0 Å². The molecule has 0 bridgehead atoms. The second-order valence-corrected chi connectivity index (χ2v) is 8.57. The first-order valence-electron chi connectivity index (χ1n) is 10.3. The van der Waals surface area contributed by atoms with Crippen LogP contribution in [0.4, 0.5) is 11.4 Å². The Morgan fingerprint density at radius 1 is 0.771 bits per heavy atom. The molecule has 2 N–H and O–H groups in total. The average Bonchev–Trinajstić information content (AvgIpc) is 2.86. The summed E-state index contributed by atoms with van der Waals surface area (Å²) in [6, 6.07) is 15.0. The minimum Gasteiger partial charge on any atom is -0.462 e. The predicted octanol–water partition coefficient (Wildman–Crippen LogP) is 3.28. The Kier molecular flexibility index (Phi) is 9.58. The summed E-state index contributed by atoms with van der Waals surface area (Å²) in [5.41, 5.74) is 0.469. The second-order valence-electron chi connectivity index (χ2n) is 6.62. The number of carbonyl (C=O) groups is 2. The molecule has 35 heavy (non-hydrogen) atoms. The van der Waals surface area contributed by atoms with Crippen molar-refractivity contribution < 1.29 is 27.5 Å². The summed E-state index contributed by atoms with van der Waals surface area (Å²) in [5, 5.41) is 23.6. The number of hydrogen-bond acceptors (Lipinski definition) is 10. The highest BCUT2D eigenvalue weighted by atomic mass is 32.2. The first kappa shape index (κ1) is 26.6. The molecule has 11 heteroatoms. The maximum atomic E-state index is 12.9. The van der Waals surface area contributed by atoms with Gasteiger partial charge < -0.3 is 20.1 Å². The third-order valence-electron chi connectivity index (χ3n) is 4.33. The summed E-state index contributed by atoms with van der Waals surface area (Å²) in [7, 11) is -3.83. The number of esters is 2. The molecule has 0 aromatic heterocycles. The Bertz CT molecular complexity index is 1220. The number of anilines is 2. The van der Waals surface area contributed by atoms with Crippen molar-refractivity contribution in [3.63, 3.8) is 0 Å². The molecule has 2 aromatic rings. The minimum absolute atomic E-state index is 0.0348. The number of rotatable bonds is 10. The molecule has 180 valence electrons. The zero-order valence-corrected chi connectivity index (χ0v) is 19.8. The summed E-state index contributed by atoms with van der Waals surface area (Å²) < 4.78 is 35.4. The van der Waals surface area contributed by atoms with Gasteiger partial charge in [0.1, 0.15) is 12.1 Å². The Balaban J connectivity index is 2.14. The Morgan fingerprint density at radius 2 is 1.11 bits per heavy atom. The molecule has 0 saturated heterocycles. The highest BCUT2D eigenvalue weighted by molar-refractivity contribution is 7.91. The molecule has 0 amide bonds. The van der Waals surface area contributed by atoms with E-state index in [0.29, 0.717) is 11.4 Å². The molecule has 0 unspecified atom stereocenters. The lowest BCUT2D eigenvalue weighted by Gasteiger charge is -2.08. The Morgan fingerprint density at radius 3 is 1.40 bits per heavy atom. The molecule has 2 rings (SSSR count). The van der Waals surface area contributed by atoms with Crippen LogP contribution in [0, 0.1) is 22.7 Å². The number of carbonyl (C=O) groups excluding carboxylic acids is 2. The maximum absolute atomic E-state index is 12.9. The van der Waals surface area contributed by atoms with Gasteiger partial charge in [0.15, 0.2) is 11.1 Å². The van der Waals surface area contributed by atoms with Crippen LogP contribution in [0.1, 0.15) is 13.8 Å². The summed E-state index contributed by atoms with van der Waals surface area (Å²) in [6.07, 6.45) is 2.36. The van der Waals surface area contributed by atoms with Crippen molar-refractivity contribution in [1.82, 2.24) is 0 Å². The molecular formula is C24H22N4O6S. The van der Waals surface area contributed by atoms with E-state index in [0.717, 1.165) is 0 Å². The van der Waals surface area contributed by atoms with Crippen molar-refractivity contribution in [2.75, 3.05) is 23.8 Å². The number of nitrogens with zero attached hydrogens (tertiary/aromatic N) is 2. The third-order valence-corrected chi connectivity index (χ3v) is 6.11. The zero-order valence-electron chi connectivity index (χ0n) is 18.9. The van der Waals surface area contributed by atoms with Gasteiger partial charge in [-0.3, -0.25) is 0 Å². The van der Waals surface area contributed by atoms with Gasteiger partial charge in [0.2, 0.25) is 9.84 Å². The number of ether oxygens (including phenoxy) is 2. The number of hydrogen-bond donors (Lipinski definition) is 2. The quantitative estimate of drug-likeness (QED) is 0.285. The summed E-state index contributed by atoms with van der Waals surface area (Å²) in [5.74, 6) is -1.53. The van der Waals surface area contributed by atoms with E-state index in [1.54, 1.807) is 26.0 Å². The lowest BCUT2D eigenvalue weighted by Crippen LogP contribution is -2.08. The fourth-order valence-electron chi connectivity index (χ4n) is 2.60. The molecule has 0 atom stereocenters. The van der Waals surface area contributed by atoms with Gasteiger partial charge in [0.05, 0.1) is 23.0 Å². The van der Waals surface area contributed by atoms with Crippen LogP contribution in [0.2, 0.25) is 0 Å². The fourth-order valence-corrected chi connectivity index (χ4v) is 3.86. The van der Waals surface area contributed by atoms with Gasteiger partial charge in [0.25, 0.3) is 0 Å². The minimum atomic E-state index is -3.83. The lowest BCUT2D eigenvalue weighted by molar-refractivity contribution is -0.138. The maximum Gasteiger partial charge on any atom is 0.350 e. The molecule has 0 saturated carbocycles. The molecule has 10 nitrogen and oxygen atoms in total. The van der Waals surface area contributed by atoms with Gasteiger partial charge in [-0.2, -0.15) is 10.5 Å². The molecule has 0 aliphatic carbocycles. The van der Waals surface area contributed by atoms with Gasteiger partial charge in [-0.15, -0.1) is 0 Å². The Hall–Kier alpha value is -4.61. The third kappa shape index (κ3) is 7.19. The molecule has 0 heterocycles.